The monoisotopic (exact) mass is 275 g/mol. The van der Waals surface area contributed by atoms with Gasteiger partial charge in [-0.2, -0.15) is 0 Å². The Morgan fingerprint density at radius 1 is 1.30 bits per heavy atom. The molecule has 2 saturated heterocycles. The van der Waals surface area contributed by atoms with Crippen LogP contribution in [0, 0.1) is 6.92 Å². The molecule has 2 fully saturated rings. The summed E-state index contributed by atoms with van der Waals surface area (Å²) in [5.41, 5.74) is 2.85. The number of hydrogen-bond acceptors (Lipinski definition) is 3. The van der Waals surface area contributed by atoms with E-state index in [2.05, 4.69) is 36.5 Å². The van der Waals surface area contributed by atoms with Crippen molar-refractivity contribution >= 4 is 0 Å². The van der Waals surface area contributed by atoms with Gasteiger partial charge in [-0.25, -0.2) is 0 Å². The van der Waals surface area contributed by atoms with Crippen molar-refractivity contribution < 1.29 is 9.47 Å². The van der Waals surface area contributed by atoms with Crippen LogP contribution in [0.25, 0.3) is 0 Å². The van der Waals surface area contributed by atoms with Gasteiger partial charge in [-0.15, -0.1) is 0 Å². The highest BCUT2D eigenvalue weighted by Crippen LogP contribution is 2.32. The first-order valence-electron chi connectivity index (χ1n) is 7.77. The molecule has 1 spiro atoms. The van der Waals surface area contributed by atoms with Crippen LogP contribution in [-0.2, 0) is 15.9 Å². The van der Waals surface area contributed by atoms with E-state index in [0.29, 0.717) is 6.04 Å². The standard InChI is InChI=1S/C17H25NO2/c1-14-4-2-3-5-15(14)6-9-18-16-7-10-20-17(12-16)8-11-19-13-17/h2-5,16,18H,6-13H2,1H3. The summed E-state index contributed by atoms with van der Waals surface area (Å²) in [5.74, 6) is 0. The smallest absolute Gasteiger partial charge is 0.0951 e. The molecule has 0 amide bonds. The van der Waals surface area contributed by atoms with Gasteiger partial charge in [-0.3, -0.25) is 0 Å². The fraction of sp³-hybridized carbons (Fsp3) is 0.647. The molecular formula is C17H25NO2. The summed E-state index contributed by atoms with van der Waals surface area (Å²) in [7, 11) is 0. The van der Waals surface area contributed by atoms with Crippen molar-refractivity contribution in [3.8, 4) is 0 Å². The van der Waals surface area contributed by atoms with Gasteiger partial charge in [0.05, 0.1) is 12.2 Å². The quantitative estimate of drug-likeness (QED) is 0.915. The maximum atomic E-state index is 5.98. The molecule has 2 unspecified atom stereocenters. The van der Waals surface area contributed by atoms with Crippen LogP contribution in [0.2, 0.25) is 0 Å². The Kier molecular flexibility index (Phi) is 4.39. The minimum atomic E-state index is 0.0125. The maximum Gasteiger partial charge on any atom is 0.0951 e. The fourth-order valence-electron chi connectivity index (χ4n) is 3.37. The van der Waals surface area contributed by atoms with Crippen molar-refractivity contribution in [3.63, 3.8) is 0 Å². The second-order valence-corrected chi connectivity index (χ2v) is 6.15. The molecule has 0 aliphatic carbocycles. The Balaban J connectivity index is 1.48. The van der Waals surface area contributed by atoms with Crippen LogP contribution in [0.4, 0.5) is 0 Å². The number of rotatable bonds is 4. The van der Waals surface area contributed by atoms with Crippen molar-refractivity contribution in [3.05, 3.63) is 35.4 Å². The molecule has 3 heteroatoms. The Bertz CT molecular complexity index is 440. The van der Waals surface area contributed by atoms with Crippen molar-refractivity contribution in [2.75, 3.05) is 26.4 Å². The van der Waals surface area contributed by atoms with Crippen molar-refractivity contribution in [2.45, 2.75) is 44.2 Å². The molecule has 1 N–H and O–H groups in total. The largest absolute Gasteiger partial charge is 0.378 e. The van der Waals surface area contributed by atoms with Crippen LogP contribution in [-0.4, -0.2) is 38.0 Å². The van der Waals surface area contributed by atoms with Gasteiger partial charge in [-0.1, -0.05) is 24.3 Å². The highest BCUT2D eigenvalue weighted by Gasteiger charge is 2.40. The van der Waals surface area contributed by atoms with Crippen molar-refractivity contribution in [1.29, 1.82) is 0 Å². The molecule has 2 heterocycles. The Morgan fingerprint density at radius 3 is 3.00 bits per heavy atom. The van der Waals surface area contributed by atoms with E-state index in [1.54, 1.807) is 0 Å². The first-order chi connectivity index (χ1) is 9.77. The molecule has 2 atom stereocenters. The molecular weight excluding hydrogens is 250 g/mol. The first-order valence-corrected chi connectivity index (χ1v) is 7.77. The van der Waals surface area contributed by atoms with E-state index in [1.165, 1.54) is 11.1 Å². The zero-order valence-corrected chi connectivity index (χ0v) is 12.4. The molecule has 1 aromatic rings. The van der Waals surface area contributed by atoms with Crippen LogP contribution < -0.4 is 5.32 Å². The third kappa shape index (κ3) is 3.22. The van der Waals surface area contributed by atoms with Gasteiger partial charge in [0.1, 0.15) is 0 Å². The lowest BCUT2D eigenvalue weighted by Crippen LogP contribution is -2.47. The third-order valence-corrected chi connectivity index (χ3v) is 4.65. The Labute approximate surface area is 121 Å². The molecule has 0 saturated carbocycles. The van der Waals surface area contributed by atoms with Gasteiger partial charge in [0.25, 0.3) is 0 Å². The Hall–Kier alpha value is -0.900. The average molecular weight is 275 g/mol. The summed E-state index contributed by atoms with van der Waals surface area (Å²) < 4.78 is 11.5. The van der Waals surface area contributed by atoms with Gasteiger partial charge < -0.3 is 14.8 Å². The van der Waals surface area contributed by atoms with Crippen LogP contribution in [0.3, 0.4) is 0 Å². The summed E-state index contributed by atoms with van der Waals surface area (Å²) in [6.07, 6.45) is 4.38. The van der Waals surface area contributed by atoms with E-state index >= 15 is 0 Å². The molecule has 2 aliphatic rings. The van der Waals surface area contributed by atoms with E-state index in [0.717, 1.165) is 52.0 Å². The SMILES string of the molecule is Cc1ccccc1CCNC1CCOC2(CCOC2)C1. The van der Waals surface area contributed by atoms with E-state index in [1.807, 2.05) is 0 Å². The van der Waals surface area contributed by atoms with E-state index in [9.17, 15) is 0 Å². The predicted octanol–water partition coefficient (Wildman–Crippen LogP) is 2.47. The highest BCUT2D eigenvalue weighted by atomic mass is 16.6. The zero-order valence-electron chi connectivity index (χ0n) is 12.4. The lowest BCUT2D eigenvalue weighted by Gasteiger charge is -2.37. The number of nitrogens with one attached hydrogen (secondary N) is 1. The van der Waals surface area contributed by atoms with Crippen LogP contribution in [0.15, 0.2) is 24.3 Å². The summed E-state index contributed by atoms with van der Waals surface area (Å²) >= 11 is 0. The Morgan fingerprint density at radius 2 is 2.20 bits per heavy atom. The first kappa shape index (κ1) is 14.1. The topological polar surface area (TPSA) is 30.5 Å². The van der Waals surface area contributed by atoms with Crippen LogP contribution in [0.1, 0.15) is 30.4 Å². The summed E-state index contributed by atoms with van der Waals surface area (Å²) in [6, 6.07) is 9.23. The fourth-order valence-corrected chi connectivity index (χ4v) is 3.37. The number of hydrogen-bond donors (Lipinski definition) is 1. The second-order valence-electron chi connectivity index (χ2n) is 6.15. The minimum Gasteiger partial charge on any atom is -0.378 e. The lowest BCUT2D eigenvalue weighted by molar-refractivity contribution is -0.0891. The van der Waals surface area contributed by atoms with Gasteiger partial charge in [0.15, 0.2) is 0 Å². The molecule has 20 heavy (non-hydrogen) atoms. The molecule has 0 aromatic heterocycles. The number of benzene rings is 1. The molecule has 3 nitrogen and oxygen atoms in total. The van der Waals surface area contributed by atoms with Gasteiger partial charge >= 0.3 is 0 Å². The summed E-state index contributed by atoms with van der Waals surface area (Å²) in [6.45, 7) is 5.74. The number of ether oxygens (including phenoxy) is 2. The lowest BCUT2D eigenvalue weighted by atomic mass is 9.89. The number of aryl methyl sites for hydroxylation is 1. The molecule has 3 rings (SSSR count). The van der Waals surface area contributed by atoms with E-state index in [-0.39, 0.29) is 5.60 Å². The van der Waals surface area contributed by atoms with E-state index in [4.69, 9.17) is 9.47 Å². The van der Waals surface area contributed by atoms with Gasteiger partial charge in [-0.05, 0) is 43.9 Å². The third-order valence-electron chi connectivity index (χ3n) is 4.65. The van der Waals surface area contributed by atoms with Gasteiger partial charge in [0.2, 0.25) is 0 Å². The maximum absolute atomic E-state index is 5.98. The van der Waals surface area contributed by atoms with Crippen molar-refractivity contribution in [1.82, 2.24) is 5.32 Å². The average Bonchev–Trinajstić information content (AvgIpc) is 2.89. The molecule has 0 radical (unpaired) electrons. The van der Waals surface area contributed by atoms with E-state index < -0.39 is 0 Å². The normalized spacial score (nSPS) is 29.9. The summed E-state index contributed by atoms with van der Waals surface area (Å²) in [4.78, 5) is 0. The molecule has 110 valence electrons. The van der Waals surface area contributed by atoms with Gasteiger partial charge in [0, 0.05) is 25.7 Å². The van der Waals surface area contributed by atoms with Crippen LogP contribution in [0.5, 0.6) is 0 Å². The van der Waals surface area contributed by atoms with Crippen LogP contribution >= 0.6 is 0 Å². The predicted molar refractivity (Wildman–Crippen MR) is 80.0 cm³/mol. The molecule has 0 bridgehead atoms. The minimum absolute atomic E-state index is 0.0125. The van der Waals surface area contributed by atoms with Crippen molar-refractivity contribution in [2.24, 2.45) is 0 Å². The molecule has 1 aromatic carbocycles. The summed E-state index contributed by atoms with van der Waals surface area (Å²) in [5, 5.41) is 3.71. The zero-order chi connectivity index (χ0) is 13.8. The second kappa shape index (κ2) is 6.25. The highest BCUT2D eigenvalue weighted by molar-refractivity contribution is 5.25. The molecule has 2 aliphatic heterocycles.